The van der Waals surface area contributed by atoms with E-state index >= 15 is 0 Å². The summed E-state index contributed by atoms with van der Waals surface area (Å²) in [7, 11) is -3.49. The predicted octanol–water partition coefficient (Wildman–Crippen LogP) is 4.29. The van der Waals surface area contributed by atoms with E-state index < -0.39 is 21.0 Å². The van der Waals surface area contributed by atoms with Crippen LogP contribution >= 0.6 is 11.6 Å². The van der Waals surface area contributed by atoms with Crippen LogP contribution in [0.3, 0.4) is 0 Å². The number of Topliss-reactive ketones (excluding diaryl/α,β-unsaturated/α-hetero) is 1. The van der Waals surface area contributed by atoms with Crippen LogP contribution in [0.25, 0.3) is 0 Å². The Morgan fingerprint density at radius 2 is 1.79 bits per heavy atom. The molecule has 1 aromatic heterocycles. The zero-order valence-electron chi connectivity index (χ0n) is 16.9. The number of carbonyl (C=O) groups is 1. The molecular weight excluding hydrogens is 408 g/mol. The van der Waals surface area contributed by atoms with Gasteiger partial charge in [0.05, 0.1) is 11.8 Å². The summed E-state index contributed by atoms with van der Waals surface area (Å²) in [5.74, 6) is -0.152. The van der Waals surface area contributed by atoms with Crippen LogP contribution in [0, 0.1) is 5.41 Å². The van der Waals surface area contributed by atoms with Gasteiger partial charge in [-0.1, -0.05) is 36.2 Å². The Bertz CT molecular complexity index is 1090. The Hall–Kier alpha value is -2.15. The number of halogens is 1. The summed E-state index contributed by atoms with van der Waals surface area (Å²) in [5, 5.41) is 0.549. The van der Waals surface area contributed by atoms with Crippen molar-refractivity contribution >= 4 is 27.4 Å². The first-order chi connectivity index (χ1) is 13.4. The van der Waals surface area contributed by atoms with E-state index in [2.05, 4.69) is 9.71 Å². The summed E-state index contributed by atoms with van der Waals surface area (Å²) in [4.78, 5) is 16.7. The van der Waals surface area contributed by atoms with Crippen molar-refractivity contribution < 1.29 is 13.2 Å². The van der Waals surface area contributed by atoms with Crippen molar-refractivity contribution in [2.45, 2.75) is 32.7 Å². The van der Waals surface area contributed by atoms with Gasteiger partial charge in [-0.3, -0.25) is 4.79 Å². The van der Waals surface area contributed by atoms with Crippen LogP contribution in [-0.4, -0.2) is 31.0 Å². The van der Waals surface area contributed by atoms with Gasteiger partial charge in [0, 0.05) is 39.9 Å². The van der Waals surface area contributed by atoms with E-state index in [1.807, 2.05) is 38.3 Å². The lowest BCUT2D eigenvalue weighted by atomic mass is 9.67. The molecule has 2 aromatic rings. The first-order valence-corrected chi connectivity index (χ1v) is 11.5. The minimum atomic E-state index is -3.49. The maximum Gasteiger partial charge on any atom is 0.209 e. The number of carbonyl (C=O) groups excluding carboxylic acids is 1. The highest BCUT2D eigenvalue weighted by Crippen LogP contribution is 2.43. The molecule has 0 saturated carbocycles. The highest BCUT2D eigenvalue weighted by Gasteiger charge is 2.41. The van der Waals surface area contributed by atoms with Gasteiger partial charge in [-0.25, -0.2) is 13.1 Å². The second-order valence-corrected chi connectivity index (χ2v) is 10.3. The van der Waals surface area contributed by atoms with Gasteiger partial charge < -0.3 is 4.98 Å². The lowest BCUT2D eigenvalue weighted by Gasteiger charge is -2.40. The van der Waals surface area contributed by atoms with Crippen LogP contribution in [0.2, 0.25) is 5.02 Å². The standard InChI is InChI=1S/C22H25ClN2O3S/c1-15-12-21(2,13-18-6-5-11-24-18)19(14-22(15,3)25-29(4,27)28)20(26)16-7-9-17(23)10-8-16/h5-12,14,24-25H,13H2,1-4H3. The average molecular weight is 433 g/mol. The Labute approximate surface area is 176 Å². The first-order valence-electron chi connectivity index (χ1n) is 9.27. The van der Waals surface area contributed by atoms with Gasteiger partial charge in [0.1, 0.15) is 0 Å². The monoisotopic (exact) mass is 432 g/mol. The number of hydrogen-bond donors (Lipinski definition) is 2. The second kappa shape index (κ2) is 7.59. The van der Waals surface area contributed by atoms with Gasteiger partial charge in [-0.15, -0.1) is 0 Å². The number of aromatic amines is 1. The summed E-state index contributed by atoms with van der Waals surface area (Å²) in [6, 6.07) is 10.6. The summed E-state index contributed by atoms with van der Waals surface area (Å²) < 4.78 is 26.6. The van der Waals surface area contributed by atoms with E-state index in [1.54, 1.807) is 37.3 Å². The maximum absolute atomic E-state index is 13.5. The fourth-order valence-corrected chi connectivity index (χ4v) is 4.99. The van der Waals surface area contributed by atoms with Crippen molar-refractivity contribution in [1.82, 2.24) is 9.71 Å². The number of H-pyrrole nitrogens is 1. The number of ketones is 1. The second-order valence-electron chi connectivity index (χ2n) is 8.09. The Balaban J connectivity index is 2.12. The van der Waals surface area contributed by atoms with Crippen LogP contribution in [-0.2, 0) is 16.4 Å². The third-order valence-electron chi connectivity index (χ3n) is 5.37. The van der Waals surface area contributed by atoms with Gasteiger partial charge in [0.2, 0.25) is 10.0 Å². The molecular formula is C22H25ClN2O3S. The zero-order chi connectivity index (χ0) is 21.4. The van der Waals surface area contributed by atoms with Gasteiger partial charge in [0.15, 0.2) is 5.78 Å². The predicted molar refractivity (Wildman–Crippen MR) is 117 cm³/mol. The van der Waals surface area contributed by atoms with E-state index in [0.717, 1.165) is 17.5 Å². The summed E-state index contributed by atoms with van der Waals surface area (Å²) >= 11 is 5.97. The van der Waals surface area contributed by atoms with E-state index in [9.17, 15) is 13.2 Å². The minimum Gasteiger partial charge on any atom is -0.365 e. The minimum absolute atomic E-state index is 0.152. The van der Waals surface area contributed by atoms with Crippen molar-refractivity contribution in [2.75, 3.05) is 6.26 Å². The molecule has 0 fully saturated rings. The highest BCUT2D eigenvalue weighted by atomic mass is 35.5. The quantitative estimate of drug-likeness (QED) is 0.527. The Morgan fingerprint density at radius 1 is 1.14 bits per heavy atom. The van der Waals surface area contributed by atoms with Gasteiger partial charge >= 0.3 is 0 Å². The molecule has 1 heterocycles. The number of hydrogen-bond acceptors (Lipinski definition) is 3. The molecule has 0 radical (unpaired) electrons. The largest absolute Gasteiger partial charge is 0.365 e. The molecule has 0 aliphatic heterocycles. The molecule has 1 aliphatic rings. The molecule has 0 saturated heterocycles. The lowest BCUT2D eigenvalue weighted by molar-refractivity contribution is 0.101. The molecule has 2 N–H and O–H groups in total. The molecule has 0 bridgehead atoms. The highest BCUT2D eigenvalue weighted by molar-refractivity contribution is 7.88. The SMILES string of the molecule is CC1=CC(C)(Cc2ccc[nH]2)C(C(=O)c2ccc(Cl)cc2)=CC1(C)NS(C)(=O)=O. The molecule has 2 atom stereocenters. The number of rotatable bonds is 6. The third-order valence-corrected chi connectivity index (χ3v) is 6.42. The Kier molecular flexibility index (Phi) is 5.64. The third kappa shape index (κ3) is 4.71. The molecule has 1 aromatic carbocycles. The molecule has 1 aliphatic carbocycles. The van der Waals surface area contributed by atoms with Crippen molar-refractivity contribution in [3.63, 3.8) is 0 Å². The van der Waals surface area contributed by atoms with E-state index in [1.165, 1.54) is 0 Å². The van der Waals surface area contributed by atoms with Gasteiger partial charge in [-0.2, -0.15) is 0 Å². The van der Waals surface area contributed by atoms with E-state index in [-0.39, 0.29) is 5.78 Å². The fraction of sp³-hybridized carbons (Fsp3) is 0.318. The van der Waals surface area contributed by atoms with Gasteiger partial charge in [0.25, 0.3) is 0 Å². The van der Waals surface area contributed by atoms with Crippen molar-refractivity contribution in [2.24, 2.45) is 5.41 Å². The topological polar surface area (TPSA) is 79.0 Å². The Morgan fingerprint density at radius 3 is 2.34 bits per heavy atom. The molecule has 0 spiro atoms. The van der Waals surface area contributed by atoms with Crippen molar-refractivity contribution in [3.8, 4) is 0 Å². The summed E-state index contributed by atoms with van der Waals surface area (Å²) in [6.07, 6.45) is 7.29. The van der Waals surface area contributed by atoms with Crippen LogP contribution in [0.5, 0.6) is 0 Å². The molecule has 154 valence electrons. The molecule has 29 heavy (non-hydrogen) atoms. The van der Waals surface area contributed by atoms with Crippen molar-refractivity contribution in [1.29, 1.82) is 0 Å². The van der Waals surface area contributed by atoms with Crippen LogP contribution < -0.4 is 4.72 Å². The molecule has 5 nitrogen and oxygen atoms in total. The maximum atomic E-state index is 13.5. The van der Waals surface area contributed by atoms with Gasteiger partial charge in [-0.05, 0) is 50.2 Å². The van der Waals surface area contributed by atoms with Crippen LogP contribution in [0.1, 0.15) is 36.8 Å². The number of allylic oxidation sites excluding steroid dienone is 2. The molecule has 0 amide bonds. The number of aromatic nitrogens is 1. The molecule has 7 heteroatoms. The first kappa shape index (κ1) is 21.6. The van der Waals surface area contributed by atoms with E-state index in [4.69, 9.17) is 11.6 Å². The molecule has 2 unspecified atom stereocenters. The normalized spacial score (nSPS) is 24.7. The number of sulfonamides is 1. The fourth-order valence-electron chi connectivity index (χ4n) is 3.87. The van der Waals surface area contributed by atoms with Crippen LogP contribution in [0.4, 0.5) is 0 Å². The number of nitrogens with one attached hydrogen (secondary N) is 2. The molecule has 3 rings (SSSR count). The van der Waals surface area contributed by atoms with E-state index in [0.29, 0.717) is 22.6 Å². The van der Waals surface area contributed by atoms with Crippen molar-refractivity contribution in [3.05, 3.63) is 82.2 Å². The smallest absolute Gasteiger partial charge is 0.209 e. The number of benzene rings is 1. The summed E-state index contributed by atoms with van der Waals surface area (Å²) in [5.41, 5.74) is 1.28. The lowest BCUT2D eigenvalue weighted by Crippen LogP contribution is -2.48. The van der Waals surface area contributed by atoms with Crippen LogP contribution in [0.15, 0.2) is 65.9 Å². The zero-order valence-corrected chi connectivity index (χ0v) is 18.5. The average Bonchev–Trinajstić information content (AvgIpc) is 3.10. The summed E-state index contributed by atoms with van der Waals surface area (Å²) in [6.45, 7) is 5.64.